The third-order valence-corrected chi connectivity index (χ3v) is 3.39. The Bertz CT molecular complexity index is 410. The molecule has 104 valence electrons. The SMILES string of the molecule is COC(CNC(=O)CSc1ccccc1)CC(=O)O. The summed E-state index contributed by atoms with van der Waals surface area (Å²) in [5.41, 5.74) is 0. The van der Waals surface area contributed by atoms with Crippen LogP contribution in [0.1, 0.15) is 6.42 Å². The van der Waals surface area contributed by atoms with Crippen LogP contribution in [0.5, 0.6) is 0 Å². The molecule has 0 aromatic heterocycles. The van der Waals surface area contributed by atoms with Crippen LogP contribution >= 0.6 is 11.8 Å². The lowest BCUT2D eigenvalue weighted by molar-refractivity contribution is -0.140. The van der Waals surface area contributed by atoms with E-state index in [-0.39, 0.29) is 18.9 Å². The Morgan fingerprint density at radius 3 is 2.63 bits per heavy atom. The van der Waals surface area contributed by atoms with Gasteiger partial charge in [0.2, 0.25) is 5.91 Å². The number of nitrogens with one attached hydrogen (secondary N) is 1. The van der Waals surface area contributed by atoms with Crippen LogP contribution in [-0.4, -0.2) is 42.5 Å². The predicted octanol–water partition coefficient (Wildman–Crippen LogP) is 1.38. The molecule has 0 heterocycles. The van der Waals surface area contributed by atoms with E-state index in [9.17, 15) is 9.59 Å². The number of thioether (sulfide) groups is 1. The van der Waals surface area contributed by atoms with Gasteiger partial charge in [-0.25, -0.2) is 0 Å². The van der Waals surface area contributed by atoms with E-state index in [4.69, 9.17) is 9.84 Å². The average Bonchev–Trinajstić information content (AvgIpc) is 2.42. The highest BCUT2D eigenvalue weighted by Crippen LogP contribution is 2.16. The van der Waals surface area contributed by atoms with Gasteiger partial charge in [-0.1, -0.05) is 18.2 Å². The Morgan fingerprint density at radius 2 is 2.05 bits per heavy atom. The average molecular weight is 283 g/mol. The number of ether oxygens (including phenoxy) is 1. The van der Waals surface area contributed by atoms with Crippen molar-refractivity contribution in [3.63, 3.8) is 0 Å². The molecule has 1 aromatic carbocycles. The van der Waals surface area contributed by atoms with Gasteiger partial charge in [-0.3, -0.25) is 9.59 Å². The number of carboxylic acids is 1. The highest BCUT2D eigenvalue weighted by atomic mass is 32.2. The van der Waals surface area contributed by atoms with E-state index in [1.165, 1.54) is 18.9 Å². The van der Waals surface area contributed by atoms with E-state index < -0.39 is 12.1 Å². The maximum absolute atomic E-state index is 11.6. The van der Waals surface area contributed by atoms with Crippen molar-refractivity contribution in [1.29, 1.82) is 0 Å². The number of carbonyl (C=O) groups is 2. The molecule has 0 aliphatic carbocycles. The largest absolute Gasteiger partial charge is 0.481 e. The molecule has 0 saturated carbocycles. The summed E-state index contributed by atoms with van der Waals surface area (Å²) in [5, 5.41) is 11.3. The van der Waals surface area contributed by atoms with Crippen LogP contribution < -0.4 is 5.32 Å². The topological polar surface area (TPSA) is 75.6 Å². The van der Waals surface area contributed by atoms with E-state index in [1.54, 1.807) is 0 Å². The summed E-state index contributed by atoms with van der Waals surface area (Å²) in [6.07, 6.45) is -0.619. The van der Waals surface area contributed by atoms with Gasteiger partial charge in [-0.2, -0.15) is 0 Å². The Balaban J connectivity index is 2.25. The van der Waals surface area contributed by atoms with Crippen molar-refractivity contribution in [2.75, 3.05) is 19.4 Å². The molecule has 0 bridgehead atoms. The Morgan fingerprint density at radius 1 is 1.37 bits per heavy atom. The lowest BCUT2D eigenvalue weighted by atomic mass is 10.2. The van der Waals surface area contributed by atoms with Crippen LogP contribution in [0.25, 0.3) is 0 Å². The first-order valence-electron chi connectivity index (χ1n) is 5.81. The Labute approximate surface area is 116 Å². The molecule has 1 unspecified atom stereocenters. The van der Waals surface area contributed by atoms with Crippen LogP contribution in [0.3, 0.4) is 0 Å². The molecule has 19 heavy (non-hydrogen) atoms. The van der Waals surface area contributed by atoms with Crippen LogP contribution in [0.2, 0.25) is 0 Å². The van der Waals surface area contributed by atoms with Crippen LogP contribution in [-0.2, 0) is 14.3 Å². The normalized spacial score (nSPS) is 11.8. The first kappa shape index (κ1) is 15.5. The van der Waals surface area contributed by atoms with E-state index in [0.29, 0.717) is 5.75 Å². The third-order valence-electron chi connectivity index (χ3n) is 2.38. The molecular formula is C13H17NO4S. The zero-order valence-electron chi connectivity index (χ0n) is 10.7. The maximum Gasteiger partial charge on any atom is 0.306 e. The zero-order valence-corrected chi connectivity index (χ0v) is 11.5. The molecule has 0 spiro atoms. The summed E-state index contributed by atoms with van der Waals surface area (Å²) in [4.78, 5) is 23.1. The van der Waals surface area contributed by atoms with Gasteiger partial charge in [-0.05, 0) is 12.1 Å². The molecule has 1 atom stereocenters. The molecule has 0 aliphatic heterocycles. The van der Waals surface area contributed by atoms with Crippen molar-refractivity contribution in [3.8, 4) is 0 Å². The maximum atomic E-state index is 11.6. The number of carboxylic acid groups (broad SMARTS) is 1. The predicted molar refractivity (Wildman–Crippen MR) is 73.2 cm³/mol. The molecule has 0 saturated heterocycles. The minimum absolute atomic E-state index is 0.122. The smallest absolute Gasteiger partial charge is 0.306 e. The second-order valence-electron chi connectivity index (χ2n) is 3.86. The van der Waals surface area contributed by atoms with E-state index in [2.05, 4.69) is 5.32 Å². The van der Waals surface area contributed by atoms with E-state index in [1.807, 2.05) is 30.3 Å². The quantitative estimate of drug-likeness (QED) is 0.705. The minimum Gasteiger partial charge on any atom is -0.481 e. The first-order chi connectivity index (χ1) is 9.11. The van der Waals surface area contributed by atoms with Crippen molar-refractivity contribution in [2.24, 2.45) is 0 Å². The molecule has 0 fully saturated rings. The number of hydrogen-bond donors (Lipinski definition) is 2. The second kappa shape index (κ2) is 8.55. The molecule has 0 radical (unpaired) electrons. The van der Waals surface area contributed by atoms with Gasteiger partial charge in [-0.15, -0.1) is 11.8 Å². The van der Waals surface area contributed by atoms with Crippen molar-refractivity contribution in [2.45, 2.75) is 17.4 Å². The summed E-state index contributed by atoms with van der Waals surface area (Å²) < 4.78 is 4.97. The molecule has 0 aliphatic rings. The fraction of sp³-hybridized carbons (Fsp3) is 0.385. The molecule has 1 amide bonds. The number of methoxy groups -OCH3 is 1. The number of benzene rings is 1. The second-order valence-corrected chi connectivity index (χ2v) is 4.91. The summed E-state index contributed by atoms with van der Waals surface area (Å²) in [7, 11) is 1.43. The number of aliphatic carboxylic acids is 1. The van der Waals surface area contributed by atoms with Crippen molar-refractivity contribution in [3.05, 3.63) is 30.3 Å². The van der Waals surface area contributed by atoms with Gasteiger partial charge < -0.3 is 15.2 Å². The van der Waals surface area contributed by atoms with Crippen LogP contribution in [0.15, 0.2) is 35.2 Å². The van der Waals surface area contributed by atoms with Crippen molar-refractivity contribution >= 4 is 23.6 Å². The van der Waals surface area contributed by atoms with E-state index >= 15 is 0 Å². The van der Waals surface area contributed by atoms with Gasteiger partial charge in [0.25, 0.3) is 0 Å². The molecular weight excluding hydrogens is 266 g/mol. The number of carbonyl (C=O) groups excluding carboxylic acids is 1. The monoisotopic (exact) mass is 283 g/mol. The van der Waals surface area contributed by atoms with Gasteiger partial charge >= 0.3 is 5.97 Å². The standard InChI is InChI=1S/C13H17NO4S/c1-18-10(7-13(16)17)8-14-12(15)9-19-11-5-3-2-4-6-11/h2-6,10H,7-9H2,1H3,(H,14,15)(H,16,17). The molecule has 6 heteroatoms. The lowest BCUT2D eigenvalue weighted by Gasteiger charge is -2.13. The van der Waals surface area contributed by atoms with Crippen molar-refractivity contribution in [1.82, 2.24) is 5.32 Å². The molecule has 1 aromatic rings. The van der Waals surface area contributed by atoms with Gasteiger partial charge in [0.05, 0.1) is 18.3 Å². The fourth-order valence-electron chi connectivity index (χ4n) is 1.38. The number of hydrogen-bond acceptors (Lipinski definition) is 4. The van der Waals surface area contributed by atoms with E-state index in [0.717, 1.165) is 4.90 Å². The van der Waals surface area contributed by atoms with Gasteiger partial charge in [0.1, 0.15) is 0 Å². The summed E-state index contributed by atoms with van der Waals surface area (Å²) in [6, 6.07) is 9.60. The Kier molecular flexibility index (Phi) is 6.99. The summed E-state index contributed by atoms with van der Waals surface area (Å²) in [6.45, 7) is 0.205. The first-order valence-corrected chi connectivity index (χ1v) is 6.79. The molecule has 2 N–H and O–H groups in total. The van der Waals surface area contributed by atoms with Crippen LogP contribution in [0.4, 0.5) is 0 Å². The van der Waals surface area contributed by atoms with Gasteiger partial charge in [0, 0.05) is 18.6 Å². The number of amides is 1. The molecule has 1 rings (SSSR count). The Hall–Kier alpha value is -1.53. The number of rotatable bonds is 8. The highest BCUT2D eigenvalue weighted by molar-refractivity contribution is 8.00. The molecule has 5 nitrogen and oxygen atoms in total. The van der Waals surface area contributed by atoms with Crippen LogP contribution in [0, 0.1) is 0 Å². The summed E-state index contributed by atoms with van der Waals surface area (Å²) in [5.74, 6) is -0.783. The lowest BCUT2D eigenvalue weighted by Crippen LogP contribution is -2.35. The third kappa shape index (κ3) is 6.83. The van der Waals surface area contributed by atoms with Gasteiger partial charge in [0.15, 0.2) is 0 Å². The fourth-order valence-corrected chi connectivity index (χ4v) is 2.13. The summed E-state index contributed by atoms with van der Waals surface area (Å²) >= 11 is 1.43. The zero-order chi connectivity index (χ0) is 14.1. The minimum atomic E-state index is -0.945. The highest BCUT2D eigenvalue weighted by Gasteiger charge is 2.13. The van der Waals surface area contributed by atoms with Crippen molar-refractivity contribution < 1.29 is 19.4 Å².